The van der Waals surface area contributed by atoms with Crippen LogP contribution in [-0.4, -0.2) is 76.9 Å². The van der Waals surface area contributed by atoms with Crippen molar-refractivity contribution in [3.05, 3.63) is 59.7 Å². The third-order valence-corrected chi connectivity index (χ3v) is 21.5. The van der Waals surface area contributed by atoms with Gasteiger partial charge in [0.15, 0.2) is 22.4 Å². The van der Waals surface area contributed by atoms with E-state index in [9.17, 15) is 16.8 Å². The fraction of sp³-hybridized carbons (Fsp3) is 0.657. The quantitative estimate of drug-likeness (QED) is 0.140. The lowest BCUT2D eigenvalue weighted by atomic mass is 10.0. The van der Waals surface area contributed by atoms with Crippen LogP contribution in [0.2, 0.25) is 36.3 Å². The van der Waals surface area contributed by atoms with Crippen molar-refractivity contribution in [2.45, 2.75) is 145 Å². The highest BCUT2D eigenvalue weighted by atomic mass is 32.2. The van der Waals surface area contributed by atoms with Crippen LogP contribution in [-0.2, 0) is 46.9 Å². The van der Waals surface area contributed by atoms with Crippen molar-refractivity contribution in [3.63, 3.8) is 0 Å². The summed E-state index contributed by atoms with van der Waals surface area (Å²) in [6.07, 6.45) is -4.70. The van der Waals surface area contributed by atoms with Crippen LogP contribution in [0.25, 0.3) is 0 Å². The summed E-state index contributed by atoms with van der Waals surface area (Å²) in [5.74, 6) is -1.26. The lowest BCUT2D eigenvalue weighted by Crippen LogP contribution is -2.52. The van der Waals surface area contributed by atoms with Crippen molar-refractivity contribution >= 4 is 36.9 Å². The van der Waals surface area contributed by atoms with Gasteiger partial charge in [0.05, 0.1) is 23.0 Å². The maximum Gasteiger partial charge on any atom is 0.297 e. The lowest BCUT2D eigenvalue weighted by Gasteiger charge is -2.39. The molecule has 1 aliphatic rings. The molecule has 1 fully saturated rings. The Labute approximate surface area is 297 Å². The Morgan fingerprint density at radius 1 is 0.633 bits per heavy atom. The fourth-order valence-electron chi connectivity index (χ4n) is 4.61. The standard InChI is InChI=1S/C35H58O10S2Si2/c1-25-15-19-27(20-16-25)46(36,37)44-29(23-40-48(11,12)33(3,4)5)31-32(43-35(9,10)42-31)30(24-41-49(13,14)34(6,7)8)45-47(38,39)28-21-17-26(2)18-22-28/h15-22,29-32H,23-24H2,1-14H3/t29-,30-,31-,32-/m0/s1. The molecule has 0 amide bonds. The minimum atomic E-state index is -4.32. The Hall–Kier alpha value is -1.47. The molecule has 1 heterocycles. The van der Waals surface area contributed by atoms with Gasteiger partial charge < -0.3 is 18.3 Å². The molecule has 0 aliphatic carbocycles. The Bertz CT molecular complexity index is 1500. The number of hydrogen-bond donors (Lipinski definition) is 0. The van der Waals surface area contributed by atoms with Gasteiger partial charge in [-0.15, -0.1) is 0 Å². The molecule has 1 aliphatic heterocycles. The molecule has 0 saturated carbocycles. The number of ether oxygens (including phenoxy) is 2. The van der Waals surface area contributed by atoms with Crippen LogP contribution in [0, 0.1) is 13.8 Å². The van der Waals surface area contributed by atoms with Gasteiger partial charge in [0, 0.05) is 0 Å². The minimum Gasteiger partial charge on any atom is -0.414 e. The highest BCUT2D eigenvalue weighted by Gasteiger charge is 2.53. The molecule has 2 aromatic carbocycles. The average molecular weight is 759 g/mol. The zero-order chi connectivity index (χ0) is 37.4. The van der Waals surface area contributed by atoms with Crippen molar-refractivity contribution in [2.75, 3.05) is 13.2 Å². The van der Waals surface area contributed by atoms with Crippen molar-refractivity contribution in [1.29, 1.82) is 0 Å². The Morgan fingerprint density at radius 2 is 0.918 bits per heavy atom. The van der Waals surface area contributed by atoms with E-state index in [1.165, 1.54) is 24.3 Å². The molecule has 1 saturated heterocycles. The largest absolute Gasteiger partial charge is 0.414 e. The van der Waals surface area contributed by atoms with Crippen LogP contribution in [0.4, 0.5) is 0 Å². The summed E-state index contributed by atoms with van der Waals surface area (Å²) in [5.41, 5.74) is 1.78. The molecule has 0 bridgehead atoms. The smallest absolute Gasteiger partial charge is 0.297 e. The molecule has 0 spiro atoms. The molecule has 0 N–H and O–H groups in total. The van der Waals surface area contributed by atoms with Gasteiger partial charge in [0.25, 0.3) is 20.2 Å². The van der Waals surface area contributed by atoms with Gasteiger partial charge in [-0.3, -0.25) is 8.37 Å². The summed E-state index contributed by atoms with van der Waals surface area (Å²) in [7, 11) is -13.5. The second-order valence-electron chi connectivity index (χ2n) is 16.5. The first kappa shape index (κ1) is 42.0. The van der Waals surface area contributed by atoms with E-state index in [4.69, 9.17) is 26.7 Å². The lowest BCUT2D eigenvalue weighted by molar-refractivity contribution is -0.160. The average Bonchev–Trinajstić information content (AvgIpc) is 3.27. The summed E-state index contributed by atoms with van der Waals surface area (Å²) < 4.78 is 92.9. The number of benzene rings is 2. The third kappa shape index (κ3) is 10.8. The number of rotatable bonds is 14. The summed E-state index contributed by atoms with van der Waals surface area (Å²) in [6.45, 7) is 27.5. The summed E-state index contributed by atoms with van der Waals surface area (Å²) in [4.78, 5) is -0.0534. The van der Waals surface area contributed by atoms with Crippen LogP contribution in [0.5, 0.6) is 0 Å². The highest BCUT2D eigenvalue weighted by molar-refractivity contribution is 7.87. The monoisotopic (exact) mass is 758 g/mol. The van der Waals surface area contributed by atoms with Gasteiger partial charge in [0.1, 0.15) is 24.4 Å². The first-order chi connectivity index (χ1) is 22.1. The van der Waals surface area contributed by atoms with E-state index in [1.807, 2.05) is 13.8 Å². The zero-order valence-corrected chi connectivity index (χ0v) is 35.4. The van der Waals surface area contributed by atoms with Gasteiger partial charge in [-0.05, 0) is 88.2 Å². The van der Waals surface area contributed by atoms with Crippen molar-refractivity contribution in [3.8, 4) is 0 Å². The summed E-state index contributed by atoms with van der Waals surface area (Å²) >= 11 is 0. The molecule has 0 unspecified atom stereocenters. The Balaban J connectivity index is 2.12. The fourth-order valence-corrected chi connectivity index (χ4v) is 8.78. The van der Waals surface area contributed by atoms with Crippen LogP contribution in [0.3, 0.4) is 0 Å². The van der Waals surface area contributed by atoms with Gasteiger partial charge in [-0.25, -0.2) is 0 Å². The van der Waals surface area contributed by atoms with Crippen molar-refractivity contribution in [1.82, 2.24) is 0 Å². The molecule has 10 nitrogen and oxygen atoms in total. The summed E-state index contributed by atoms with van der Waals surface area (Å²) in [6, 6.07) is 12.7. The van der Waals surface area contributed by atoms with Crippen LogP contribution >= 0.6 is 0 Å². The van der Waals surface area contributed by atoms with Gasteiger partial charge in [-0.2, -0.15) is 16.8 Å². The molecule has 4 atom stereocenters. The Morgan fingerprint density at radius 3 is 1.18 bits per heavy atom. The molecular formula is C35H58O10S2Si2. The van der Waals surface area contributed by atoms with E-state index in [2.05, 4.69) is 67.7 Å². The van der Waals surface area contributed by atoms with Crippen LogP contribution < -0.4 is 0 Å². The SMILES string of the molecule is Cc1ccc(S(=O)(=O)O[C@@H](CO[Si](C)(C)C(C)(C)C)[C@@H]2OC(C)(C)O[C@H]2[C@H](CO[Si](C)(C)C(C)(C)C)OS(=O)(=O)c2ccc(C)cc2)cc1. The predicted octanol–water partition coefficient (Wildman–Crippen LogP) is 7.72. The van der Waals surface area contributed by atoms with E-state index in [0.717, 1.165) is 11.1 Å². The topological polar surface area (TPSA) is 124 Å². The van der Waals surface area contributed by atoms with E-state index in [0.29, 0.717) is 0 Å². The first-order valence-electron chi connectivity index (χ1n) is 16.7. The molecule has 0 aromatic heterocycles. The maximum absolute atomic E-state index is 13.8. The predicted molar refractivity (Wildman–Crippen MR) is 197 cm³/mol. The van der Waals surface area contributed by atoms with Crippen molar-refractivity contribution < 1.29 is 43.5 Å². The van der Waals surface area contributed by atoms with Gasteiger partial charge in [0.2, 0.25) is 0 Å². The number of hydrogen-bond acceptors (Lipinski definition) is 10. The van der Waals surface area contributed by atoms with Gasteiger partial charge in [-0.1, -0.05) is 76.9 Å². The molecule has 3 rings (SSSR count). The van der Waals surface area contributed by atoms with Crippen molar-refractivity contribution in [2.24, 2.45) is 0 Å². The highest BCUT2D eigenvalue weighted by Crippen LogP contribution is 2.41. The van der Waals surface area contributed by atoms with E-state index < -0.39 is 67.1 Å². The Kier molecular flexibility index (Phi) is 12.7. The van der Waals surface area contributed by atoms with E-state index in [1.54, 1.807) is 38.1 Å². The summed E-state index contributed by atoms with van der Waals surface area (Å²) in [5, 5.41) is -0.381. The second-order valence-corrected chi connectivity index (χ2v) is 29.3. The third-order valence-electron chi connectivity index (χ3n) is 9.85. The second kappa shape index (κ2) is 14.9. The number of aryl methyl sites for hydroxylation is 2. The minimum absolute atomic E-state index is 0.0267. The normalized spacial score (nSPS) is 20.7. The van der Waals surface area contributed by atoms with Crippen LogP contribution in [0.1, 0.15) is 66.5 Å². The van der Waals surface area contributed by atoms with E-state index >= 15 is 0 Å². The van der Waals surface area contributed by atoms with E-state index in [-0.39, 0.29) is 33.1 Å². The molecule has 14 heteroatoms. The first-order valence-corrected chi connectivity index (χ1v) is 25.3. The van der Waals surface area contributed by atoms with Gasteiger partial charge >= 0.3 is 0 Å². The molecular weight excluding hydrogens is 701 g/mol. The molecule has 278 valence electrons. The molecule has 2 aromatic rings. The molecule has 0 radical (unpaired) electrons. The van der Waals surface area contributed by atoms with Crippen LogP contribution in [0.15, 0.2) is 58.3 Å². The maximum atomic E-state index is 13.8. The zero-order valence-electron chi connectivity index (χ0n) is 31.7. The molecule has 49 heavy (non-hydrogen) atoms.